The lowest BCUT2D eigenvalue weighted by Gasteiger charge is -2.34. The van der Waals surface area contributed by atoms with Crippen molar-refractivity contribution >= 4 is 23.6 Å². The summed E-state index contributed by atoms with van der Waals surface area (Å²) in [5.74, 6) is -0.784. The molecule has 148 valence electrons. The fourth-order valence-electron chi connectivity index (χ4n) is 3.39. The highest BCUT2D eigenvalue weighted by Crippen LogP contribution is 2.11. The Balaban J connectivity index is 1.36. The lowest BCUT2D eigenvalue weighted by Crippen LogP contribution is -2.46. The van der Waals surface area contributed by atoms with Gasteiger partial charge in [-0.15, -0.1) is 0 Å². The standard InChI is InChI=1S/C23H27ClN2O2/c24-22-9-7-19(8-10-22)2-1-12-25-14-16-26(17-15-25)13-11-20-3-5-21(6-4-20)18-23(27)28/h1-10H,11-18H2,(H,27,28)/b2-1+. The van der Waals surface area contributed by atoms with Crippen molar-refractivity contribution in [1.82, 2.24) is 9.80 Å². The third kappa shape index (κ3) is 6.79. The summed E-state index contributed by atoms with van der Waals surface area (Å²) >= 11 is 5.91. The molecule has 0 atom stereocenters. The van der Waals surface area contributed by atoms with Crippen LogP contribution in [0.1, 0.15) is 16.7 Å². The highest BCUT2D eigenvalue weighted by atomic mass is 35.5. The van der Waals surface area contributed by atoms with E-state index in [0.29, 0.717) is 0 Å². The van der Waals surface area contributed by atoms with E-state index < -0.39 is 5.97 Å². The Bertz CT molecular complexity index is 779. The maximum atomic E-state index is 10.7. The molecule has 0 spiro atoms. The third-order valence-corrected chi connectivity index (χ3v) is 5.36. The number of halogens is 1. The smallest absolute Gasteiger partial charge is 0.307 e. The number of aliphatic carboxylic acids is 1. The minimum absolute atomic E-state index is 0.0920. The van der Waals surface area contributed by atoms with Gasteiger partial charge in [0.2, 0.25) is 0 Å². The second-order valence-corrected chi connectivity index (χ2v) is 7.67. The predicted octanol–water partition coefficient (Wildman–Crippen LogP) is 3.84. The quantitative estimate of drug-likeness (QED) is 0.733. The van der Waals surface area contributed by atoms with Crippen LogP contribution in [0.5, 0.6) is 0 Å². The zero-order chi connectivity index (χ0) is 19.8. The van der Waals surface area contributed by atoms with E-state index in [4.69, 9.17) is 16.7 Å². The van der Waals surface area contributed by atoms with E-state index in [9.17, 15) is 4.79 Å². The van der Waals surface area contributed by atoms with Gasteiger partial charge in [0.25, 0.3) is 0 Å². The molecule has 0 aromatic heterocycles. The van der Waals surface area contributed by atoms with Crippen LogP contribution in [0.25, 0.3) is 6.08 Å². The molecular weight excluding hydrogens is 372 g/mol. The van der Waals surface area contributed by atoms with Crippen molar-refractivity contribution in [3.8, 4) is 0 Å². The van der Waals surface area contributed by atoms with Crippen molar-refractivity contribution < 1.29 is 9.90 Å². The van der Waals surface area contributed by atoms with Crippen molar-refractivity contribution in [2.75, 3.05) is 39.3 Å². The van der Waals surface area contributed by atoms with Crippen molar-refractivity contribution in [3.05, 3.63) is 76.3 Å². The van der Waals surface area contributed by atoms with Gasteiger partial charge in [-0.1, -0.05) is 60.2 Å². The molecule has 1 saturated heterocycles. The van der Waals surface area contributed by atoms with Gasteiger partial charge in [0.15, 0.2) is 0 Å². The fraction of sp³-hybridized carbons (Fsp3) is 0.348. The van der Waals surface area contributed by atoms with Gasteiger partial charge in [-0.25, -0.2) is 0 Å². The second kappa shape index (κ2) is 10.4. The summed E-state index contributed by atoms with van der Waals surface area (Å²) in [4.78, 5) is 15.7. The van der Waals surface area contributed by atoms with Crippen molar-refractivity contribution in [2.45, 2.75) is 12.8 Å². The highest BCUT2D eigenvalue weighted by molar-refractivity contribution is 6.30. The second-order valence-electron chi connectivity index (χ2n) is 7.23. The molecule has 0 saturated carbocycles. The molecular formula is C23H27ClN2O2. The Morgan fingerprint density at radius 2 is 1.54 bits per heavy atom. The number of hydrogen-bond donors (Lipinski definition) is 1. The van der Waals surface area contributed by atoms with Crippen LogP contribution < -0.4 is 0 Å². The number of benzene rings is 2. The molecule has 0 amide bonds. The summed E-state index contributed by atoms with van der Waals surface area (Å²) in [6, 6.07) is 15.9. The summed E-state index contributed by atoms with van der Waals surface area (Å²) in [6.07, 6.45) is 5.47. The molecule has 0 unspecified atom stereocenters. The van der Waals surface area contributed by atoms with Crippen molar-refractivity contribution in [1.29, 1.82) is 0 Å². The number of piperazine rings is 1. The minimum atomic E-state index is -0.784. The first-order valence-corrected chi connectivity index (χ1v) is 10.1. The average molecular weight is 399 g/mol. The highest BCUT2D eigenvalue weighted by Gasteiger charge is 2.15. The maximum absolute atomic E-state index is 10.7. The zero-order valence-electron chi connectivity index (χ0n) is 16.1. The van der Waals surface area contributed by atoms with Gasteiger partial charge in [0, 0.05) is 44.3 Å². The van der Waals surface area contributed by atoms with Crippen molar-refractivity contribution in [2.24, 2.45) is 0 Å². The van der Waals surface area contributed by atoms with Crippen molar-refractivity contribution in [3.63, 3.8) is 0 Å². The van der Waals surface area contributed by atoms with Crippen LogP contribution in [0.2, 0.25) is 5.02 Å². The van der Waals surface area contributed by atoms with Crippen LogP contribution in [0.3, 0.4) is 0 Å². The Morgan fingerprint density at radius 1 is 0.929 bits per heavy atom. The summed E-state index contributed by atoms with van der Waals surface area (Å²) in [6.45, 7) is 6.37. The number of nitrogens with zero attached hydrogens (tertiary/aromatic N) is 2. The molecule has 4 nitrogen and oxygen atoms in total. The molecule has 1 N–H and O–H groups in total. The molecule has 2 aromatic rings. The van der Waals surface area contributed by atoms with Crippen LogP contribution >= 0.6 is 11.6 Å². The van der Waals surface area contributed by atoms with Gasteiger partial charge in [-0.2, -0.15) is 0 Å². The normalized spacial score (nSPS) is 15.9. The Hall–Kier alpha value is -2.14. The summed E-state index contributed by atoms with van der Waals surface area (Å²) in [5.41, 5.74) is 3.30. The molecule has 0 radical (unpaired) electrons. The van der Waals surface area contributed by atoms with E-state index in [1.165, 1.54) is 11.1 Å². The third-order valence-electron chi connectivity index (χ3n) is 5.10. The lowest BCUT2D eigenvalue weighted by molar-refractivity contribution is -0.136. The first-order valence-electron chi connectivity index (χ1n) is 9.75. The van der Waals surface area contributed by atoms with Gasteiger partial charge < -0.3 is 10.0 Å². The monoisotopic (exact) mass is 398 g/mol. The Kier molecular flexibility index (Phi) is 7.66. The number of rotatable bonds is 8. The van der Waals surface area contributed by atoms with Gasteiger partial charge >= 0.3 is 5.97 Å². The lowest BCUT2D eigenvalue weighted by atomic mass is 10.1. The van der Waals surface area contributed by atoms with Gasteiger partial charge in [0.1, 0.15) is 0 Å². The van der Waals surface area contributed by atoms with E-state index >= 15 is 0 Å². The van der Waals surface area contributed by atoms with Gasteiger partial charge in [0.05, 0.1) is 6.42 Å². The maximum Gasteiger partial charge on any atom is 0.307 e. The van der Waals surface area contributed by atoms with Gasteiger partial charge in [-0.3, -0.25) is 9.69 Å². The number of hydrogen-bond acceptors (Lipinski definition) is 3. The molecule has 0 aliphatic carbocycles. The molecule has 2 aromatic carbocycles. The Labute approximate surface area is 172 Å². The molecule has 3 rings (SSSR count). The molecule has 1 aliphatic rings. The van der Waals surface area contributed by atoms with E-state index in [2.05, 4.69) is 34.1 Å². The largest absolute Gasteiger partial charge is 0.481 e. The topological polar surface area (TPSA) is 43.8 Å². The van der Waals surface area contributed by atoms with E-state index in [1.54, 1.807) is 0 Å². The summed E-state index contributed by atoms with van der Waals surface area (Å²) < 4.78 is 0. The van der Waals surface area contributed by atoms with Crippen LogP contribution in [0.4, 0.5) is 0 Å². The summed E-state index contributed by atoms with van der Waals surface area (Å²) in [5, 5.41) is 9.60. The van der Waals surface area contributed by atoms with E-state index in [1.807, 2.05) is 36.4 Å². The van der Waals surface area contributed by atoms with Crippen LogP contribution in [0.15, 0.2) is 54.6 Å². The molecule has 1 fully saturated rings. The predicted molar refractivity (Wildman–Crippen MR) is 115 cm³/mol. The first kappa shape index (κ1) is 20.6. The number of carboxylic acid groups (broad SMARTS) is 1. The first-order chi connectivity index (χ1) is 13.6. The fourth-order valence-corrected chi connectivity index (χ4v) is 3.52. The SMILES string of the molecule is O=C(O)Cc1ccc(CCN2CCN(C/C=C/c3ccc(Cl)cc3)CC2)cc1. The molecule has 28 heavy (non-hydrogen) atoms. The molecule has 5 heteroatoms. The average Bonchev–Trinajstić information content (AvgIpc) is 2.69. The molecule has 1 aliphatic heterocycles. The zero-order valence-corrected chi connectivity index (χ0v) is 16.8. The van der Waals surface area contributed by atoms with Gasteiger partial charge in [-0.05, 0) is 35.2 Å². The van der Waals surface area contributed by atoms with Crippen LogP contribution in [0, 0.1) is 0 Å². The summed E-state index contributed by atoms with van der Waals surface area (Å²) in [7, 11) is 0. The number of carbonyl (C=O) groups is 1. The van der Waals surface area contributed by atoms with Crippen LogP contribution in [-0.2, 0) is 17.6 Å². The minimum Gasteiger partial charge on any atom is -0.481 e. The van der Waals surface area contributed by atoms with Crippen LogP contribution in [-0.4, -0.2) is 60.1 Å². The Morgan fingerprint density at radius 3 is 2.18 bits per heavy atom. The molecule has 1 heterocycles. The van der Waals surface area contributed by atoms with E-state index in [0.717, 1.165) is 56.3 Å². The van der Waals surface area contributed by atoms with E-state index in [-0.39, 0.29) is 6.42 Å². The molecule has 0 bridgehead atoms. The number of carboxylic acids is 1.